The van der Waals surface area contributed by atoms with E-state index in [2.05, 4.69) is 0 Å². The van der Waals surface area contributed by atoms with Gasteiger partial charge in [0.1, 0.15) is 0 Å². The normalized spacial score (nSPS) is 10.5. The van der Waals surface area contributed by atoms with Gasteiger partial charge in [-0.15, -0.1) is 5.76 Å². The van der Waals surface area contributed by atoms with Crippen LogP contribution in [-0.2, 0) is 0 Å². The molecule has 0 aliphatic heterocycles. The van der Waals surface area contributed by atoms with Crippen LogP contribution in [0.1, 0.15) is 12.5 Å². The van der Waals surface area contributed by atoms with Gasteiger partial charge in [0.2, 0.25) is 0 Å². The van der Waals surface area contributed by atoms with Gasteiger partial charge in [0, 0.05) is 0 Å². The molecule has 0 fully saturated rings. The van der Waals surface area contributed by atoms with Crippen molar-refractivity contribution in [3.8, 4) is 0 Å². The third-order valence-corrected chi connectivity index (χ3v) is 1.32. The van der Waals surface area contributed by atoms with Crippen molar-refractivity contribution in [1.82, 2.24) is 0 Å². The molecule has 0 spiro atoms. The summed E-state index contributed by atoms with van der Waals surface area (Å²) in [6.07, 6.45) is 1.56. The standard InChI is InChI=1S/C9H10O.Li/c1-2-9(10)8-6-4-3-5-7-8;/h2-7,10H,1H3;/q;+1/p-1/b9-2+;. The maximum Gasteiger partial charge on any atom is 1.00 e. The quantitative estimate of drug-likeness (QED) is 0.341. The first kappa shape index (κ1) is 10.4. The average Bonchev–Trinajstić information content (AvgIpc) is 2.05. The van der Waals surface area contributed by atoms with Gasteiger partial charge in [-0.25, -0.2) is 0 Å². The number of rotatable bonds is 1. The Labute approximate surface area is 78.9 Å². The van der Waals surface area contributed by atoms with Crippen molar-refractivity contribution >= 4 is 5.76 Å². The first-order valence-corrected chi connectivity index (χ1v) is 3.23. The molecule has 2 heteroatoms. The molecule has 1 aromatic rings. The molecule has 52 valence electrons. The molecule has 0 heterocycles. The smallest absolute Gasteiger partial charge is 0.872 e. The van der Waals surface area contributed by atoms with Gasteiger partial charge >= 0.3 is 18.9 Å². The van der Waals surface area contributed by atoms with Crippen molar-refractivity contribution in [2.75, 3.05) is 0 Å². The Kier molecular flexibility index (Phi) is 4.77. The molecule has 0 radical (unpaired) electrons. The second-order valence-electron chi connectivity index (χ2n) is 2.02. The predicted molar refractivity (Wildman–Crippen MR) is 40.1 cm³/mol. The van der Waals surface area contributed by atoms with Crippen molar-refractivity contribution < 1.29 is 24.0 Å². The molecule has 1 rings (SSSR count). The third kappa shape index (κ3) is 2.84. The second-order valence-corrected chi connectivity index (χ2v) is 2.02. The molecule has 0 saturated heterocycles. The Morgan fingerprint density at radius 3 is 2.27 bits per heavy atom. The van der Waals surface area contributed by atoms with E-state index in [4.69, 9.17) is 0 Å². The number of benzene rings is 1. The summed E-state index contributed by atoms with van der Waals surface area (Å²) in [7, 11) is 0. The fourth-order valence-corrected chi connectivity index (χ4v) is 0.769. The van der Waals surface area contributed by atoms with Crippen LogP contribution in [0.3, 0.4) is 0 Å². The van der Waals surface area contributed by atoms with Crippen LogP contribution in [-0.4, -0.2) is 0 Å². The van der Waals surface area contributed by atoms with E-state index < -0.39 is 0 Å². The van der Waals surface area contributed by atoms with Crippen molar-refractivity contribution in [2.24, 2.45) is 0 Å². The van der Waals surface area contributed by atoms with E-state index in [-0.39, 0.29) is 24.6 Å². The van der Waals surface area contributed by atoms with Crippen LogP contribution in [0, 0.1) is 0 Å². The number of hydrogen-bond donors (Lipinski definition) is 0. The van der Waals surface area contributed by atoms with E-state index in [1.54, 1.807) is 13.0 Å². The first-order valence-electron chi connectivity index (χ1n) is 3.23. The van der Waals surface area contributed by atoms with Gasteiger partial charge < -0.3 is 5.11 Å². The van der Waals surface area contributed by atoms with E-state index >= 15 is 0 Å². The summed E-state index contributed by atoms with van der Waals surface area (Å²) in [5.41, 5.74) is 0.755. The molecule has 0 aliphatic rings. The summed E-state index contributed by atoms with van der Waals surface area (Å²) in [6.45, 7) is 1.75. The zero-order valence-electron chi connectivity index (χ0n) is 6.87. The van der Waals surface area contributed by atoms with E-state index in [0.717, 1.165) is 5.56 Å². The van der Waals surface area contributed by atoms with E-state index in [1.165, 1.54) is 0 Å². The van der Waals surface area contributed by atoms with E-state index in [1.807, 2.05) is 30.3 Å². The van der Waals surface area contributed by atoms with Crippen LogP contribution in [0.2, 0.25) is 0 Å². The minimum atomic E-state index is 0. The Balaban J connectivity index is 0.000001000. The zero-order valence-corrected chi connectivity index (χ0v) is 6.87. The van der Waals surface area contributed by atoms with Gasteiger partial charge in [0.25, 0.3) is 0 Å². The minimum absolute atomic E-state index is 0. The van der Waals surface area contributed by atoms with E-state index in [0.29, 0.717) is 0 Å². The van der Waals surface area contributed by atoms with Crippen molar-refractivity contribution in [3.05, 3.63) is 42.0 Å². The summed E-state index contributed by atoms with van der Waals surface area (Å²) in [6, 6.07) is 9.23. The van der Waals surface area contributed by atoms with Crippen LogP contribution in [0.25, 0.3) is 5.76 Å². The Bertz CT molecular complexity index is 229. The second kappa shape index (κ2) is 5.07. The molecule has 0 unspecified atom stereocenters. The van der Waals surface area contributed by atoms with Crippen LogP contribution in [0.15, 0.2) is 36.4 Å². The van der Waals surface area contributed by atoms with Crippen LogP contribution < -0.4 is 24.0 Å². The Hall–Kier alpha value is -0.643. The van der Waals surface area contributed by atoms with Crippen LogP contribution in [0.5, 0.6) is 0 Å². The topological polar surface area (TPSA) is 23.1 Å². The molecule has 0 saturated carbocycles. The fraction of sp³-hybridized carbons (Fsp3) is 0.111. The summed E-state index contributed by atoms with van der Waals surface area (Å²) in [4.78, 5) is 0. The Morgan fingerprint density at radius 2 is 1.82 bits per heavy atom. The summed E-state index contributed by atoms with van der Waals surface area (Å²) >= 11 is 0. The molecule has 11 heavy (non-hydrogen) atoms. The number of allylic oxidation sites excluding steroid dienone is 1. The minimum Gasteiger partial charge on any atom is -0.872 e. The summed E-state index contributed by atoms with van der Waals surface area (Å²) < 4.78 is 0. The van der Waals surface area contributed by atoms with Gasteiger partial charge in [0.05, 0.1) is 0 Å². The number of hydrogen-bond acceptors (Lipinski definition) is 1. The largest absolute Gasteiger partial charge is 1.00 e. The molecule has 0 aliphatic carbocycles. The molecular weight excluding hydrogens is 131 g/mol. The third-order valence-electron chi connectivity index (χ3n) is 1.32. The van der Waals surface area contributed by atoms with Crippen molar-refractivity contribution in [2.45, 2.75) is 6.92 Å². The Morgan fingerprint density at radius 1 is 1.27 bits per heavy atom. The average molecular weight is 140 g/mol. The predicted octanol–water partition coefficient (Wildman–Crippen LogP) is -1.59. The van der Waals surface area contributed by atoms with Gasteiger partial charge in [-0.1, -0.05) is 36.4 Å². The van der Waals surface area contributed by atoms with Gasteiger partial charge in [-0.05, 0) is 12.5 Å². The van der Waals surface area contributed by atoms with Gasteiger partial charge in [-0.3, -0.25) is 0 Å². The first-order chi connectivity index (χ1) is 4.84. The van der Waals surface area contributed by atoms with Gasteiger partial charge in [0.15, 0.2) is 0 Å². The van der Waals surface area contributed by atoms with Gasteiger partial charge in [-0.2, -0.15) is 0 Å². The van der Waals surface area contributed by atoms with Crippen LogP contribution >= 0.6 is 0 Å². The molecule has 0 aromatic heterocycles. The monoisotopic (exact) mass is 140 g/mol. The molecule has 1 aromatic carbocycles. The molecule has 0 N–H and O–H groups in total. The zero-order chi connectivity index (χ0) is 7.40. The molecular formula is C9H9LiO. The summed E-state index contributed by atoms with van der Waals surface area (Å²) in [5, 5.41) is 11.0. The van der Waals surface area contributed by atoms with Crippen LogP contribution in [0.4, 0.5) is 0 Å². The maximum atomic E-state index is 11.0. The molecule has 1 nitrogen and oxygen atoms in total. The molecule has 0 bridgehead atoms. The molecule has 0 amide bonds. The van der Waals surface area contributed by atoms with Crippen molar-refractivity contribution in [3.63, 3.8) is 0 Å². The van der Waals surface area contributed by atoms with Crippen molar-refractivity contribution in [1.29, 1.82) is 0 Å². The SMILES string of the molecule is C/C=C(/[O-])c1ccccc1.[Li+]. The summed E-state index contributed by atoms with van der Waals surface area (Å²) in [5.74, 6) is 0.0839. The maximum absolute atomic E-state index is 11.0. The fourth-order valence-electron chi connectivity index (χ4n) is 0.769. The molecule has 0 atom stereocenters. The van der Waals surface area contributed by atoms with E-state index in [9.17, 15) is 5.11 Å².